The number of nitrogens with one attached hydrogen (secondary N) is 1. The van der Waals surface area contributed by atoms with Gasteiger partial charge in [-0.1, -0.05) is 60.2 Å². The molecule has 0 spiro atoms. The van der Waals surface area contributed by atoms with Crippen molar-refractivity contribution in [2.45, 2.75) is 20.0 Å². The molecule has 0 aliphatic rings. The highest BCUT2D eigenvalue weighted by Crippen LogP contribution is 2.18. The van der Waals surface area contributed by atoms with Gasteiger partial charge in [0.25, 0.3) is 5.56 Å². The Morgan fingerprint density at radius 3 is 2.57 bits per heavy atom. The summed E-state index contributed by atoms with van der Waals surface area (Å²) in [4.78, 5) is 24.9. The minimum atomic E-state index is -0.358. The number of aromatic nitrogens is 4. The molecule has 140 valence electrons. The van der Waals surface area contributed by atoms with Crippen LogP contribution >= 0.6 is 0 Å². The minimum absolute atomic E-state index is 0.146. The van der Waals surface area contributed by atoms with E-state index in [4.69, 9.17) is 0 Å². The number of carbonyl (C=O) groups excluding carboxylic acids is 1. The van der Waals surface area contributed by atoms with Crippen molar-refractivity contribution < 1.29 is 4.79 Å². The smallest absolute Gasteiger partial charge is 0.293 e. The molecule has 0 unspecified atom stereocenters. The number of aryl methyl sites for hydroxylation is 1. The van der Waals surface area contributed by atoms with Crippen LogP contribution < -0.4 is 10.9 Å². The molecule has 0 saturated heterocycles. The predicted octanol–water partition coefficient (Wildman–Crippen LogP) is 2.18. The number of benzene rings is 2. The molecule has 0 fully saturated rings. The van der Waals surface area contributed by atoms with Crippen molar-refractivity contribution in [3.05, 3.63) is 88.5 Å². The summed E-state index contributed by atoms with van der Waals surface area (Å²) in [6.07, 6.45) is 1.44. The monoisotopic (exact) mass is 373 g/mol. The molecule has 28 heavy (non-hydrogen) atoms. The molecule has 7 nitrogen and oxygen atoms in total. The van der Waals surface area contributed by atoms with Crippen molar-refractivity contribution in [3.8, 4) is 11.3 Å². The summed E-state index contributed by atoms with van der Waals surface area (Å²) in [5.41, 5.74) is 3.76. The van der Waals surface area contributed by atoms with Crippen molar-refractivity contribution in [2.75, 3.05) is 0 Å². The van der Waals surface area contributed by atoms with E-state index in [1.54, 1.807) is 6.07 Å². The molecule has 2 aromatic heterocycles. The van der Waals surface area contributed by atoms with Crippen molar-refractivity contribution >= 4 is 11.4 Å². The number of rotatable bonds is 5. The van der Waals surface area contributed by atoms with Gasteiger partial charge in [0.15, 0.2) is 0 Å². The zero-order chi connectivity index (χ0) is 19.5. The van der Waals surface area contributed by atoms with Gasteiger partial charge >= 0.3 is 0 Å². The van der Waals surface area contributed by atoms with Gasteiger partial charge in [0.2, 0.25) is 5.91 Å². The average molecular weight is 373 g/mol. The van der Waals surface area contributed by atoms with Crippen LogP contribution in [0.5, 0.6) is 0 Å². The molecule has 0 atom stereocenters. The van der Waals surface area contributed by atoms with Crippen LogP contribution in [0.2, 0.25) is 0 Å². The first-order valence-corrected chi connectivity index (χ1v) is 8.93. The van der Waals surface area contributed by atoms with Gasteiger partial charge in [-0.25, -0.2) is 9.20 Å². The van der Waals surface area contributed by atoms with E-state index in [0.717, 1.165) is 21.4 Å². The first-order chi connectivity index (χ1) is 13.6. The van der Waals surface area contributed by atoms with E-state index < -0.39 is 0 Å². The summed E-state index contributed by atoms with van der Waals surface area (Å²) in [5, 5.41) is 11.3. The Morgan fingerprint density at radius 2 is 1.82 bits per heavy atom. The summed E-state index contributed by atoms with van der Waals surface area (Å²) in [6, 6.07) is 19.2. The van der Waals surface area contributed by atoms with Crippen molar-refractivity contribution in [1.82, 2.24) is 24.7 Å². The van der Waals surface area contributed by atoms with Crippen molar-refractivity contribution in [2.24, 2.45) is 0 Å². The lowest BCUT2D eigenvalue weighted by Gasteiger charge is -2.06. The normalized spacial score (nSPS) is 10.9. The number of amides is 1. The third-order valence-electron chi connectivity index (χ3n) is 4.46. The van der Waals surface area contributed by atoms with Gasteiger partial charge < -0.3 is 5.32 Å². The highest BCUT2D eigenvalue weighted by atomic mass is 16.2. The highest BCUT2D eigenvalue weighted by Gasteiger charge is 2.12. The molecular formula is C21H19N5O2. The maximum atomic E-state index is 12.7. The second-order valence-corrected chi connectivity index (χ2v) is 6.58. The quantitative estimate of drug-likeness (QED) is 0.581. The third-order valence-corrected chi connectivity index (χ3v) is 4.46. The highest BCUT2D eigenvalue weighted by molar-refractivity contribution is 5.75. The second-order valence-electron chi connectivity index (χ2n) is 6.58. The topological polar surface area (TPSA) is 81.3 Å². The standard InChI is InChI=1S/C21H19N5O2/c1-15-7-9-17(10-8-15)18-11-19-21(28)25(23-14-26(19)24-18)13-20(27)22-12-16-5-3-2-4-6-16/h2-11,14H,12-13H2,1H3,(H,22,27). The third kappa shape index (κ3) is 3.68. The molecule has 0 radical (unpaired) electrons. The summed E-state index contributed by atoms with van der Waals surface area (Å²) in [5.74, 6) is -0.277. The van der Waals surface area contributed by atoms with Crippen LogP contribution in [0.15, 0.2) is 71.8 Å². The van der Waals surface area contributed by atoms with Crippen LogP contribution in [0.3, 0.4) is 0 Å². The first-order valence-electron chi connectivity index (χ1n) is 8.93. The largest absolute Gasteiger partial charge is 0.350 e. The molecule has 0 saturated carbocycles. The van der Waals surface area contributed by atoms with Crippen LogP contribution in [0, 0.1) is 6.92 Å². The van der Waals surface area contributed by atoms with Crippen LogP contribution in [-0.4, -0.2) is 25.3 Å². The molecule has 4 rings (SSSR count). The zero-order valence-corrected chi connectivity index (χ0v) is 15.4. The number of nitrogens with zero attached hydrogens (tertiary/aromatic N) is 4. The first kappa shape index (κ1) is 17.7. The van der Waals surface area contributed by atoms with Gasteiger partial charge in [0.1, 0.15) is 18.4 Å². The number of fused-ring (bicyclic) bond motifs is 1. The zero-order valence-electron chi connectivity index (χ0n) is 15.4. The van der Waals surface area contributed by atoms with Gasteiger partial charge in [0.05, 0.1) is 5.69 Å². The molecule has 0 bridgehead atoms. The van der Waals surface area contributed by atoms with Crippen molar-refractivity contribution in [1.29, 1.82) is 0 Å². The SMILES string of the molecule is Cc1ccc(-c2cc3c(=O)n(CC(=O)NCc4ccccc4)ncn3n2)cc1. The maximum absolute atomic E-state index is 12.7. The lowest BCUT2D eigenvalue weighted by Crippen LogP contribution is -2.34. The van der Waals surface area contributed by atoms with Gasteiger partial charge in [-0.05, 0) is 18.6 Å². The molecule has 7 heteroatoms. The molecular weight excluding hydrogens is 354 g/mol. The van der Waals surface area contributed by atoms with E-state index in [1.165, 1.54) is 10.8 Å². The lowest BCUT2D eigenvalue weighted by atomic mass is 10.1. The Hall–Kier alpha value is -3.74. The molecule has 2 aromatic carbocycles. The molecule has 2 heterocycles. The Morgan fingerprint density at radius 1 is 1.07 bits per heavy atom. The van der Waals surface area contributed by atoms with Gasteiger partial charge in [0, 0.05) is 12.1 Å². The van der Waals surface area contributed by atoms with E-state index in [1.807, 2.05) is 61.5 Å². The second kappa shape index (κ2) is 7.48. The summed E-state index contributed by atoms with van der Waals surface area (Å²) in [6.45, 7) is 2.27. The number of hydrogen-bond acceptors (Lipinski definition) is 4. The average Bonchev–Trinajstić information content (AvgIpc) is 3.15. The maximum Gasteiger partial charge on any atom is 0.293 e. The Labute approximate surface area is 161 Å². The summed E-state index contributed by atoms with van der Waals surface area (Å²) < 4.78 is 2.59. The number of hydrogen-bond donors (Lipinski definition) is 1. The molecule has 0 aliphatic heterocycles. The van der Waals surface area contributed by atoms with Crippen LogP contribution in [0.4, 0.5) is 0 Å². The van der Waals surface area contributed by atoms with Crippen molar-refractivity contribution in [3.63, 3.8) is 0 Å². The fourth-order valence-electron chi connectivity index (χ4n) is 2.90. The van der Waals surface area contributed by atoms with Crippen LogP contribution in [0.1, 0.15) is 11.1 Å². The molecule has 1 N–H and O–H groups in total. The molecule has 4 aromatic rings. The molecule has 1 amide bonds. The predicted molar refractivity (Wildman–Crippen MR) is 106 cm³/mol. The van der Waals surface area contributed by atoms with E-state index in [-0.39, 0.29) is 18.0 Å². The Bertz CT molecular complexity index is 1180. The van der Waals surface area contributed by atoms with Gasteiger partial charge in [-0.3, -0.25) is 9.59 Å². The van der Waals surface area contributed by atoms with E-state index in [0.29, 0.717) is 17.8 Å². The number of carbonyl (C=O) groups is 1. The molecule has 0 aliphatic carbocycles. The van der Waals surface area contributed by atoms with Crippen LogP contribution in [-0.2, 0) is 17.9 Å². The summed E-state index contributed by atoms with van der Waals surface area (Å²) >= 11 is 0. The Kier molecular flexibility index (Phi) is 4.72. The van der Waals surface area contributed by atoms with E-state index in [9.17, 15) is 9.59 Å². The Balaban J connectivity index is 1.53. The van der Waals surface area contributed by atoms with E-state index in [2.05, 4.69) is 15.5 Å². The van der Waals surface area contributed by atoms with Gasteiger partial charge in [-0.15, -0.1) is 0 Å². The van der Waals surface area contributed by atoms with Gasteiger partial charge in [-0.2, -0.15) is 10.2 Å². The lowest BCUT2D eigenvalue weighted by molar-refractivity contribution is -0.122. The fourth-order valence-corrected chi connectivity index (χ4v) is 2.90. The van der Waals surface area contributed by atoms with E-state index >= 15 is 0 Å². The van der Waals surface area contributed by atoms with Crippen LogP contribution in [0.25, 0.3) is 16.8 Å². The minimum Gasteiger partial charge on any atom is -0.350 e. The fraction of sp³-hybridized carbons (Fsp3) is 0.143. The summed E-state index contributed by atoms with van der Waals surface area (Å²) in [7, 11) is 0.